The number of esters is 1. The van der Waals surface area contributed by atoms with Gasteiger partial charge in [-0.2, -0.15) is 0 Å². The molecule has 0 aromatic carbocycles. The van der Waals surface area contributed by atoms with Crippen molar-refractivity contribution in [3.63, 3.8) is 0 Å². The fraction of sp³-hybridized carbons (Fsp3) is 0.385. The number of aliphatic hydroxyl groups excluding tert-OH is 1. The number of nitrogens with zero attached hydrogens (tertiary/aromatic N) is 1. The van der Waals surface area contributed by atoms with Crippen LogP contribution in [0, 0.1) is 5.92 Å². The Hall–Kier alpha value is -1.68. The fourth-order valence-electron chi connectivity index (χ4n) is 1.54. The number of allylic oxidation sites excluding steroid dienone is 1. The molecule has 1 aromatic heterocycles. The number of hydrogen-bond acceptors (Lipinski definition) is 4. The fourth-order valence-corrected chi connectivity index (χ4v) is 1.54. The van der Waals surface area contributed by atoms with E-state index < -0.39 is 18.0 Å². The summed E-state index contributed by atoms with van der Waals surface area (Å²) in [5.74, 6) is -1.08. The van der Waals surface area contributed by atoms with Crippen LogP contribution in [0.2, 0.25) is 0 Å². The molecule has 0 aliphatic carbocycles. The molecule has 1 rings (SSSR count). The lowest BCUT2D eigenvalue weighted by atomic mass is 9.96. The molecule has 0 radical (unpaired) electrons. The van der Waals surface area contributed by atoms with E-state index in [0.717, 1.165) is 0 Å². The highest BCUT2D eigenvalue weighted by atomic mass is 16.5. The summed E-state index contributed by atoms with van der Waals surface area (Å²) in [5, 5.41) is 10.1. The minimum absolute atomic E-state index is 0.293. The van der Waals surface area contributed by atoms with Gasteiger partial charge in [0.05, 0.1) is 18.2 Å². The Morgan fingerprint density at radius 2 is 2.41 bits per heavy atom. The highest BCUT2D eigenvalue weighted by molar-refractivity contribution is 5.73. The summed E-state index contributed by atoms with van der Waals surface area (Å²) in [6.07, 6.45) is 2.56. The van der Waals surface area contributed by atoms with E-state index >= 15 is 0 Å². The summed E-state index contributed by atoms with van der Waals surface area (Å²) in [6.45, 7) is 5.61. The molecule has 1 N–H and O–H groups in total. The normalized spacial score (nSPS) is 13.8. The maximum atomic E-state index is 11.7. The predicted octanol–water partition coefficient (Wildman–Crippen LogP) is 1.87. The van der Waals surface area contributed by atoms with Crippen molar-refractivity contribution in [3.8, 4) is 0 Å². The molecule has 0 spiro atoms. The molecule has 1 aromatic rings. The van der Waals surface area contributed by atoms with E-state index in [4.69, 9.17) is 4.74 Å². The smallest absolute Gasteiger partial charge is 0.312 e. The molecular weight excluding hydrogens is 218 g/mol. The van der Waals surface area contributed by atoms with Crippen LogP contribution in [-0.2, 0) is 9.53 Å². The summed E-state index contributed by atoms with van der Waals surface area (Å²) in [6, 6.07) is 5.20. The zero-order valence-corrected chi connectivity index (χ0v) is 9.87. The summed E-state index contributed by atoms with van der Waals surface area (Å²) < 4.78 is 4.92. The van der Waals surface area contributed by atoms with Crippen molar-refractivity contribution in [2.75, 3.05) is 6.61 Å². The Balaban J connectivity index is 2.83. The molecular formula is C13H17NO3. The molecule has 17 heavy (non-hydrogen) atoms. The Morgan fingerprint density at radius 3 is 2.94 bits per heavy atom. The topological polar surface area (TPSA) is 59.4 Å². The quantitative estimate of drug-likeness (QED) is 0.604. The molecule has 2 atom stereocenters. The van der Waals surface area contributed by atoms with Crippen molar-refractivity contribution in [2.24, 2.45) is 5.92 Å². The van der Waals surface area contributed by atoms with Crippen LogP contribution in [0.1, 0.15) is 25.1 Å². The van der Waals surface area contributed by atoms with Gasteiger partial charge >= 0.3 is 5.97 Å². The lowest BCUT2D eigenvalue weighted by molar-refractivity contribution is -0.152. The number of pyridine rings is 1. The molecule has 4 nitrogen and oxygen atoms in total. The second-order valence-electron chi connectivity index (χ2n) is 3.58. The van der Waals surface area contributed by atoms with Crippen molar-refractivity contribution >= 4 is 5.97 Å². The number of ether oxygens (including phenoxy) is 1. The number of hydrogen-bond donors (Lipinski definition) is 1. The van der Waals surface area contributed by atoms with E-state index in [0.29, 0.717) is 18.7 Å². The van der Waals surface area contributed by atoms with Crippen molar-refractivity contribution in [1.82, 2.24) is 4.98 Å². The zero-order chi connectivity index (χ0) is 12.7. The highest BCUT2D eigenvalue weighted by Crippen LogP contribution is 2.24. The van der Waals surface area contributed by atoms with Gasteiger partial charge in [0.25, 0.3) is 0 Å². The van der Waals surface area contributed by atoms with Gasteiger partial charge in [0.15, 0.2) is 0 Å². The van der Waals surface area contributed by atoms with Gasteiger partial charge in [-0.1, -0.05) is 12.1 Å². The van der Waals surface area contributed by atoms with Gasteiger partial charge in [0, 0.05) is 6.20 Å². The first kappa shape index (κ1) is 13.4. The van der Waals surface area contributed by atoms with Crippen LogP contribution in [0.4, 0.5) is 0 Å². The molecule has 1 heterocycles. The first-order valence-electron chi connectivity index (χ1n) is 5.57. The number of aromatic nitrogens is 1. The summed E-state index contributed by atoms with van der Waals surface area (Å²) in [7, 11) is 0. The molecule has 92 valence electrons. The lowest BCUT2D eigenvalue weighted by Gasteiger charge is -2.19. The Bertz CT molecular complexity index is 364. The third-order valence-corrected chi connectivity index (χ3v) is 2.38. The molecule has 0 saturated carbocycles. The molecule has 0 aliphatic rings. The van der Waals surface area contributed by atoms with E-state index in [1.54, 1.807) is 37.4 Å². The van der Waals surface area contributed by atoms with Crippen LogP contribution >= 0.6 is 0 Å². The van der Waals surface area contributed by atoms with Crippen LogP contribution in [-0.4, -0.2) is 22.7 Å². The maximum Gasteiger partial charge on any atom is 0.312 e. The Labute approximate surface area is 101 Å². The van der Waals surface area contributed by atoms with E-state index in [-0.39, 0.29) is 0 Å². The molecule has 0 saturated heterocycles. The van der Waals surface area contributed by atoms with E-state index in [1.807, 2.05) is 0 Å². The molecule has 0 aliphatic heterocycles. The van der Waals surface area contributed by atoms with Crippen LogP contribution in [0.15, 0.2) is 37.1 Å². The lowest BCUT2D eigenvalue weighted by Crippen LogP contribution is -2.24. The molecule has 0 fully saturated rings. The van der Waals surface area contributed by atoms with Crippen LogP contribution in [0.5, 0.6) is 0 Å². The van der Waals surface area contributed by atoms with Crippen molar-refractivity contribution < 1.29 is 14.6 Å². The van der Waals surface area contributed by atoms with Crippen LogP contribution < -0.4 is 0 Å². The van der Waals surface area contributed by atoms with Crippen molar-refractivity contribution in [2.45, 2.75) is 19.4 Å². The number of aliphatic hydroxyl groups is 1. The van der Waals surface area contributed by atoms with E-state index in [2.05, 4.69) is 11.6 Å². The van der Waals surface area contributed by atoms with Gasteiger partial charge in [-0.25, -0.2) is 0 Å². The van der Waals surface area contributed by atoms with E-state index in [1.165, 1.54) is 0 Å². The Morgan fingerprint density at radius 1 is 1.65 bits per heavy atom. The number of carbonyl (C=O) groups is 1. The summed E-state index contributed by atoms with van der Waals surface area (Å²) in [4.78, 5) is 15.7. The van der Waals surface area contributed by atoms with Gasteiger partial charge in [-0.3, -0.25) is 9.78 Å². The summed E-state index contributed by atoms with van der Waals surface area (Å²) in [5.41, 5.74) is 0.465. The SMILES string of the molecule is C=CC[C@H](C(=O)OCC)[C@@H](O)c1ccccn1. The average molecular weight is 235 g/mol. The van der Waals surface area contributed by atoms with Gasteiger partial charge in [-0.05, 0) is 25.5 Å². The monoisotopic (exact) mass is 235 g/mol. The molecule has 0 amide bonds. The van der Waals surface area contributed by atoms with Crippen LogP contribution in [0.3, 0.4) is 0 Å². The number of carbonyl (C=O) groups excluding carboxylic acids is 1. The van der Waals surface area contributed by atoms with Crippen molar-refractivity contribution in [3.05, 3.63) is 42.7 Å². The first-order valence-corrected chi connectivity index (χ1v) is 5.57. The van der Waals surface area contributed by atoms with Crippen LogP contribution in [0.25, 0.3) is 0 Å². The van der Waals surface area contributed by atoms with E-state index in [9.17, 15) is 9.90 Å². The number of rotatable bonds is 6. The minimum Gasteiger partial charge on any atom is -0.466 e. The van der Waals surface area contributed by atoms with Gasteiger partial charge in [-0.15, -0.1) is 6.58 Å². The van der Waals surface area contributed by atoms with Gasteiger partial charge in [0.1, 0.15) is 6.10 Å². The second kappa shape index (κ2) is 6.81. The first-order chi connectivity index (χ1) is 8.20. The largest absolute Gasteiger partial charge is 0.466 e. The Kier molecular flexibility index (Phi) is 5.36. The van der Waals surface area contributed by atoms with Crippen molar-refractivity contribution in [1.29, 1.82) is 0 Å². The highest BCUT2D eigenvalue weighted by Gasteiger charge is 2.28. The minimum atomic E-state index is -0.965. The molecule has 4 heteroatoms. The maximum absolute atomic E-state index is 11.7. The molecule has 0 bridgehead atoms. The second-order valence-corrected chi connectivity index (χ2v) is 3.58. The van der Waals surface area contributed by atoms with Gasteiger partial charge < -0.3 is 9.84 Å². The third kappa shape index (κ3) is 3.67. The average Bonchev–Trinajstić information content (AvgIpc) is 2.36. The predicted molar refractivity (Wildman–Crippen MR) is 64.1 cm³/mol. The molecule has 0 unspecified atom stereocenters. The standard InChI is InChI=1S/C13H17NO3/c1-3-7-10(13(16)17-4-2)12(15)11-8-5-6-9-14-11/h3,5-6,8-10,12,15H,1,4,7H2,2H3/t10-,12+/m0/s1. The van der Waals surface area contributed by atoms with Gasteiger partial charge in [0.2, 0.25) is 0 Å². The summed E-state index contributed by atoms with van der Waals surface area (Å²) >= 11 is 0. The third-order valence-electron chi connectivity index (χ3n) is 2.38. The zero-order valence-electron chi connectivity index (χ0n) is 9.87.